The molecule has 2 nitrogen and oxygen atoms in total. The molecule has 0 N–H and O–H groups in total. The predicted molar refractivity (Wildman–Crippen MR) is 160 cm³/mol. The molecule has 0 bridgehead atoms. The zero-order valence-corrected chi connectivity index (χ0v) is 27.5. The first-order valence-electron chi connectivity index (χ1n) is 15.5. The SMILES string of the molecule is CCCCCCCCCC[O][Ti][N](CCCCCCCCCC)CCCCCCCCCC.Cl.Cl. The van der Waals surface area contributed by atoms with E-state index in [-0.39, 0.29) is 44.6 Å². The Morgan fingerprint density at radius 2 is 0.686 bits per heavy atom. The van der Waals surface area contributed by atoms with E-state index in [2.05, 4.69) is 24.2 Å². The van der Waals surface area contributed by atoms with Gasteiger partial charge in [-0.3, -0.25) is 0 Å². The van der Waals surface area contributed by atoms with Gasteiger partial charge in [0.1, 0.15) is 0 Å². The molecule has 0 radical (unpaired) electrons. The first-order chi connectivity index (χ1) is 16.3. The molecule has 0 unspecified atom stereocenters. The van der Waals surface area contributed by atoms with E-state index in [9.17, 15) is 0 Å². The molecule has 0 heterocycles. The van der Waals surface area contributed by atoms with Crippen LogP contribution < -0.4 is 0 Å². The maximum absolute atomic E-state index is 6.24. The Balaban J connectivity index is -0.00000512. The molecule has 0 aromatic rings. The summed E-state index contributed by atoms with van der Waals surface area (Å²) in [5, 5.41) is 0. The van der Waals surface area contributed by atoms with Crippen LogP contribution in [-0.2, 0) is 23.1 Å². The molecule has 0 aliphatic carbocycles. The minimum absolute atomic E-state index is 0. The van der Waals surface area contributed by atoms with Crippen LogP contribution >= 0.6 is 24.8 Å². The standard InChI is InChI=1S/C20H42N.C10H21O.2ClH.Ti/c1-3-5-7-9-11-13-15-17-19-21-20-18-16-14-12-10-8-6-4-2;1-2-3-4-5-6-7-8-9-10-11;;;/h3-20H2,1-2H3;2-10H2,1H3;2*1H;/q2*-1;;;+2. The molecule has 214 valence electrons. The fraction of sp³-hybridized carbons (Fsp3) is 1.00. The summed E-state index contributed by atoms with van der Waals surface area (Å²) in [7, 11) is 0. The summed E-state index contributed by atoms with van der Waals surface area (Å²) in [5.41, 5.74) is 0. The Labute approximate surface area is 244 Å². The topological polar surface area (TPSA) is 12.5 Å². The summed E-state index contributed by atoms with van der Waals surface area (Å²) in [4.78, 5) is 0. The van der Waals surface area contributed by atoms with Crippen LogP contribution in [0.15, 0.2) is 0 Å². The second kappa shape index (κ2) is 37.4. The Kier molecular flexibility index (Phi) is 43.5. The largest absolute Gasteiger partial charge is 0.147 e. The summed E-state index contributed by atoms with van der Waals surface area (Å²) in [6, 6.07) is 0. The molecule has 0 fully saturated rings. The third-order valence-corrected chi connectivity index (χ3v) is 8.48. The molecule has 0 aliphatic rings. The van der Waals surface area contributed by atoms with E-state index in [1.54, 1.807) is 0 Å². The number of hydrogen-bond donors (Lipinski definition) is 0. The van der Waals surface area contributed by atoms with Crippen molar-refractivity contribution in [3.8, 4) is 0 Å². The molecule has 0 aliphatic heterocycles. The quantitative estimate of drug-likeness (QED) is 0.0651. The van der Waals surface area contributed by atoms with Gasteiger partial charge in [0, 0.05) is 0 Å². The van der Waals surface area contributed by atoms with Crippen molar-refractivity contribution in [1.29, 1.82) is 0 Å². The minimum Gasteiger partial charge on any atom is -0.147 e. The first kappa shape index (κ1) is 40.7. The molecule has 5 heteroatoms. The van der Waals surface area contributed by atoms with E-state index >= 15 is 0 Å². The van der Waals surface area contributed by atoms with Gasteiger partial charge in [0.15, 0.2) is 0 Å². The number of nitrogens with zero attached hydrogens (tertiary/aromatic N) is 1. The maximum Gasteiger partial charge on any atom is -0.147 e. The summed E-state index contributed by atoms with van der Waals surface area (Å²) < 4.78 is 8.97. The van der Waals surface area contributed by atoms with Gasteiger partial charge in [-0.15, -0.1) is 24.8 Å². The van der Waals surface area contributed by atoms with Crippen molar-refractivity contribution >= 4 is 24.8 Å². The maximum atomic E-state index is 6.24. The average molecular weight is 575 g/mol. The molecule has 0 amide bonds. The van der Waals surface area contributed by atoms with Gasteiger partial charge in [-0.25, -0.2) is 0 Å². The fourth-order valence-corrected chi connectivity index (χ4v) is 5.95. The molecule has 0 saturated carbocycles. The van der Waals surface area contributed by atoms with Crippen LogP contribution in [0, 0.1) is 0 Å². The van der Waals surface area contributed by atoms with E-state index in [1.165, 1.54) is 167 Å². The van der Waals surface area contributed by atoms with E-state index in [4.69, 9.17) is 3.32 Å². The summed E-state index contributed by atoms with van der Waals surface area (Å²) in [6.45, 7) is 10.5. The molecular formula is C30H65Cl2NOTi. The normalized spacial score (nSPS) is 10.9. The number of rotatable bonds is 29. The third-order valence-electron chi connectivity index (χ3n) is 6.86. The molecular weight excluding hydrogens is 509 g/mol. The van der Waals surface area contributed by atoms with Crippen molar-refractivity contribution in [3.05, 3.63) is 0 Å². The summed E-state index contributed by atoms with van der Waals surface area (Å²) in [5.74, 6) is 0. The van der Waals surface area contributed by atoms with Crippen LogP contribution in [0.2, 0.25) is 0 Å². The molecule has 0 saturated heterocycles. The summed E-state index contributed by atoms with van der Waals surface area (Å²) >= 11 is -0.358. The Morgan fingerprint density at radius 1 is 0.400 bits per heavy atom. The first-order valence-corrected chi connectivity index (χ1v) is 16.8. The fourth-order valence-electron chi connectivity index (χ4n) is 4.52. The monoisotopic (exact) mass is 573 g/mol. The summed E-state index contributed by atoms with van der Waals surface area (Å²) in [6.07, 6.45) is 33.9. The van der Waals surface area contributed by atoms with E-state index in [0.717, 1.165) is 6.61 Å². The third kappa shape index (κ3) is 35.2. The molecule has 0 rings (SSSR count). The number of halogens is 2. The van der Waals surface area contributed by atoms with E-state index < -0.39 is 0 Å². The van der Waals surface area contributed by atoms with Crippen molar-refractivity contribution in [2.24, 2.45) is 0 Å². The van der Waals surface area contributed by atoms with E-state index in [1.807, 2.05) is 0 Å². The van der Waals surface area contributed by atoms with Gasteiger partial charge >= 0.3 is 221 Å². The zero-order chi connectivity index (χ0) is 24.1. The van der Waals surface area contributed by atoms with Crippen molar-refractivity contribution in [1.82, 2.24) is 3.38 Å². The second-order valence-electron chi connectivity index (χ2n) is 10.4. The van der Waals surface area contributed by atoms with Crippen molar-refractivity contribution in [2.75, 3.05) is 19.7 Å². The van der Waals surface area contributed by atoms with Crippen molar-refractivity contribution in [2.45, 2.75) is 175 Å². The van der Waals surface area contributed by atoms with Gasteiger partial charge in [0.05, 0.1) is 0 Å². The predicted octanol–water partition coefficient (Wildman–Crippen LogP) is 11.5. The molecule has 0 aromatic carbocycles. The van der Waals surface area contributed by atoms with Crippen LogP contribution in [0.25, 0.3) is 0 Å². The number of unbranched alkanes of at least 4 members (excludes halogenated alkanes) is 21. The molecule has 35 heavy (non-hydrogen) atoms. The van der Waals surface area contributed by atoms with Crippen LogP contribution in [-0.4, -0.2) is 23.1 Å². The van der Waals surface area contributed by atoms with Crippen LogP contribution in [0.4, 0.5) is 0 Å². The Hall–Kier alpha value is 1.21. The van der Waals surface area contributed by atoms with Gasteiger partial charge in [0.2, 0.25) is 0 Å². The van der Waals surface area contributed by atoms with Gasteiger partial charge in [-0.05, 0) is 0 Å². The zero-order valence-electron chi connectivity index (χ0n) is 24.3. The minimum atomic E-state index is -0.358. The van der Waals surface area contributed by atoms with Gasteiger partial charge < -0.3 is 0 Å². The van der Waals surface area contributed by atoms with Gasteiger partial charge in [0.25, 0.3) is 0 Å². The van der Waals surface area contributed by atoms with Crippen LogP contribution in [0.5, 0.6) is 0 Å². The number of hydrogen-bond acceptors (Lipinski definition) is 2. The van der Waals surface area contributed by atoms with Crippen LogP contribution in [0.1, 0.15) is 175 Å². The average Bonchev–Trinajstić information content (AvgIpc) is 2.83. The molecule has 0 aromatic heterocycles. The molecule has 0 spiro atoms. The van der Waals surface area contributed by atoms with E-state index in [0.29, 0.717) is 0 Å². The smallest absolute Gasteiger partial charge is 0.147 e. The second-order valence-corrected chi connectivity index (χ2v) is 12.1. The van der Waals surface area contributed by atoms with Gasteiger partial charge in [-0.2, -0.15) is 0 Å². The van der Waals surface area contributed by atoms with Crippen LogP contribution in [0.3, 0.4) is 0 Å². The van der Waals surface area contributed by atoms with Crippen molar-refractivity contribution in [3.63, 3.8) is 0 Å². The Bertz CT molecular complexity index is 330. The van der Waals surface area contributed by atoms with Crippen molar-refractivity contribution < 1.29 is 23.1 Å². The Morgan fingerprint density at radius 3 is 1.03 bits per heavy atom. The van der Waals surface area contributed by atoms with Gasteiger partial charge in [-0.1, -0.05) is 0 Å². The molecule has 0 atom stereocenters.